The van der Waals surface area contributed by atoms with Gasteiger partial charge in [-0.2, -0.15) is 0 Å². The maximum Gasteiger partial charge on any atom is 0.0674 e. The number of carbonyl (C=O) groups excluding carboxylic acids is 1. The molecule has 1 aromatic rings. The van der Waals surface area contributed by atoms with E-state index < -0.39 is 5.97 Å². The molecule has 1 aromatic carbocycles. The molecular weight excluding hydrogens is 164 g/mol. The van der Waals surface area contributed by atoms with E-state index in [-0.39, 0.29) is 0 Å². The van der Waals surface area contributed by atoms with Gasteiger partial charge < -0.3 is 9.90 Å². The minimum absolute atomic E-state index is 0.325. The van der Waals surface area contributed by atoms with Crippen LogP contribution in [0.15, 0.2) is 35.9 Å². The molecule has 2 nitrogen and oxygen atoms in total. The van der Waals surface area contributed by atoms with E-state index in [1.54, 1.807) is 13.0 Å². The Hall–Kier alpha value is -1.57. The van der Waals surface area contributed by atoms with Gasteiger partial charge in [0.1, 0.15) is 0 Å². The standard InChI is InChI=1S/C11H12O2/c1-2-10(11(12)13)8-9-6-4-3-5-7-9/h3-8H,2H2,1H3,(H,12,13)/p-1/b10-8+. The number of hydrogen-bond donors (Lipinski definition) is 0. The van der Waals surface area contributed by atoms with Gasteiger partial charge in [-0.25, -0.2) is 0 Å². The third kappa shape index (κ3) is 2.75. The van der Waals surface area contributed by atoms with Gasteiger partial charge in [-0.1, -0.05) is 37.3 Å². The molecule has 0 aliphatic carbocycles. The fourth-order valence-electron chi connectivity index (χ4n) is 1.06. The summed E-state index contributed by atoms with van der Waals surface area (Å²) < 4.78 is 0. The van der Waals surface area contributed by atoms with Crippen molar-refractivity contribution in [3.63, 3.8) is 0 Å². The van der Waals surface area contributed by atoms with Crippen molar-refractivity contribution in [1.82, 2.24) is 0 Å². The fourth-order valence-corrected chi connectivity index (χ4v) is 1.06. The lowest BCUT2D eigenvalue weighted by atomic mass is 10.1. The van der Waals surface area contributed by atoms with E-state index >= 15 is 0 Å². The van der Waals surface area contributed by atoms with Crippen LogP contribution < -0.4 is 5.11 Å². The molecule has 0 saturated carbocycles. The van der Waals surface area contributed by atoms with Crippen molar-refractivity contribution in [1.29, 1.82) is 0 Å². The summed E-state index contributed by atoms with van der Waals surface area (Å²) in [6.45, 7) is 1.80. The van der Waals surface area contributed by atoms with Crippen LogP contribution in [0.1, 0.15) is 18.9 Å². The molecule has 0 fully saturated rings. The molecule has 0 N–H and O–H groups in total. The van der Waals surface area contributed by atoms with Crippen LogP contribution in [0, 0.1) is 0 Å². The average Bonchev–Trinajstić information content (AvgIpc) is 2.15. The first-order valence-corrected chi connectivity index (χ1v) is 4.21. The average molecular weight is 175 g/mol. The van der Waals surface area contributed by atoms with E-state index in [0.29, 0.717) is 12.0 Å². The van der Waals surface area contributed by atoms with Crippen molar-refractivity contribution < 1.29 is 9.90 Å². The van der Waals surface area contributed by atoms with E-state index in [9.17, 15) is 9.90 Å². The molecule has 2 heteroatoms. The molecule has 13 heavy (non-hydrogen) atoms. The molecule has 1 rings (SSSR count). The second-order valence-electron chi connectivity index (χ2n) is 2.72. The lowest BCUT2D eigenvalue weighted by Gasteiger charge is -2.04. The van der Waals surface area contributed by atoms with Gasteiger partial charge in [0.2, 0.25) is 0 Å². The first-order chi connectivity index (χ1) is 6.24. The predicted octanol–water partition coefficient (Wildman–Crippen LogP) is 1.23. The normalized spacial score (nSPS) is 11.3. The summed E-state index contributed by atoms with van der Waals surface area (Å²) in [5, 5.41) is 10.6. The topological polar surface area (TPSA) is 40.1 Å². The lowest BCUT2D eigenvalue weighted by Crippen LogP contribution is -2.23. The molecular formula is C11H11O2-. The van der Waals surface area contributed by atoms with Crippen LogP contribution >= 0.6 is 0 Å². The van der Waals surface area contributed by atoms with Crippen molar-refractivity contribution in [2.24, 2.45) is 0 Å². The number of benzene rings is 1. The maximum atomic E-state index is 10.6. The second-order valence-corrected chi connectivity index (χ2v) is 2.72. The predicted molar refractivity (Wildman–Crippen MR) is 49.7 cm³/mol. The highest BCUT2D eigenvalue weighted by atomic mass is 16.4. The third-order valence-electron chi connectivity index (χ3n) is 1.78. The Bertz CT molecular complexity index is 312. The van der Waals surface area contributed by atoms with E-state index in [0.717, 1.165) is 5.56 Å². The quantitative estimate of drug-likeness (QED) is 0.648. The summed E-state index contributed by atoms with van der Waals surface area (Å²) in [5.74, 6) is -1.09. The largest absolute Gasteiger partial charge is 0.545 e. The van der Waals surface area contributed by atoms with Crippen molar-refractivity contribution in [3.05, 3.63) is 41.5 Å². The number of hydrogen-bond acceptors (Lipinski definition) is 2. The molecule has 0 spiro atoms. The Morgan fingerprint density at radius 2 is 2.00 bits per heavy atom. The molecule has 0 heterocycles. The van der Waals surface area contributed by atoms with Crippen molar-refractivity contribution in [2.75, 3.05) is 0 Å². The Morgan fingerprint density at radius 1 is 1.38 bits per heavy atom. The minimum Gasteiger partial charge on any atom is -0.545 e. The molecule has 0 unspecified atom stereocenters. The van der Waals surface area contributed by atoms with E-state index in [2.05, 4.69) is 0 Å². The summed E-state index contributed by atoms with van der Waals surface area (Å²) in [6.07, 6.45) is 2.12. The van der Waals surface area contributed by atoms with Gasteiger partial charge in [-0.05, 0) is 23.6 Å². The molecule has 0 atom stereocenters. The summed E-state index contributed by atoms with van der Waals surface area (Å²) in [6, 6.07) is 9.35. The van der Waals surface area contributed by atoms with Gasteiger partial charge in [0, 0.05) is 0 Å². The third-order valence-corrected chi connectivity index (χ3v) is 1.78. The molecule has 0 aliphatic rings. The van der Waals surface area contributed by atoms with Crippen molar-refractivity contribution in [2.45, 2.75) is 13.3 Å². The Morgan fingerprint density at radius 3 is 2.46 bits per heavy atom. The van der Waals surface area contributed by atoms with Crippen LogP contribution in [0.5, 0.6) is 0 Å². The number of rotatable bonds is 3. The highest BCUT2D eigenvalue weighted by Crippen LogP contribution is 2.08. The summed E-state index contributed by atoms with van der Waals surface area (Å²) in [5.41, 5.74) is 1.22. The van der Waals surface area contributed by atoms with Gasteiger partial charge in [0.05, 0.1) is 5.97 Å². The van der Waals surface area contributed by atoms with E-state index in [4.69, 9.17) is 0 Å². The van der Waals surface area contributed by atoms with Crippen LogP contribution in [-0.2, 0) is 4.79 Å². The van der Waals surface area contributed by atoms with Crippen molar-refractivity contribution >= 4 is 12.0 Å². The highest BCUT2D eigenvalue weighted by Gasteiger charge is 1.94. The molecule has 0 amide bonds. The van der Waals surface area contributed by atoms with Gasteiger partial charge in [-0.15, -0.1) is 0 Å². The SMILES string of the molecule is CC/C(=C\c1ccccc1)C(=O)[O-]. The van der Waals surface area contributed by atoms with E-state index in [1.165, 1.54) is 0 Å². The fraction of sp³-hybridized carbons (Fsp3) is 0.182. The summed E-state index contributed by atoms with van der Waals surface area (Å²) >= 11 is 0. The number of carboxylic acid groups (broad SMARTS) is 1. The first-order valence-electron chi connectivity index (χ1n) is 4.21. The Balaban J connectivity index is 2.92. The van der Waals surface area contributed by atoms with Crippen LogP contribution in [0.25, 0.3) is 6.08 Å². The summed E-state index contributed by atoms with van der Waals surface area (Å²) in [7, 11) is 0. The summed E-state index contributed by atoms with van der Waals surface area (Å²) in [4.78, 5) is 10.6. The zero-order valence-corrected chi connectivity index (χ0v) is 7.49. The number of carbonyl (C=O) groups is 1. The van der Waals surface area contributed by atoms with Crippen molar-refractivity contribution in [3.8, 4) is 0 Å². The molecule has 0 saturated heterocycles. The minimum atomic E-state index is -1.09. The molecule has 68 valence electrons. The Labute approximate surface area is 77.5 Å². The second kappa shape index (κ2) is 4.45. The van der Waals surface area contributed by atoms with E-state index in [1.807, 2.05) is 30.3 Å². The number of carboxylic acids is 1. The Kier molecular flexibility index (Phi) is 3.26. The van der Waals surface area contributed by atoms with Crippen LogP contribution in [0.2, 0.25) is 0 Å². The zero-order chi connectivity index (χ0) is 9.68. The van der Waals surface area contributed by atoms with Gasteiger partial charge in [-0.3, -0.25) is 0 Å². The zero-order valence-electron chi connectivity index (χ0n) is 7.49. The maximum absolute atomic E-state index is 10.6. The lowest BCUT2D eigenvalue weighted by molar-refractivity contribution is -0.299. The van der Waals surface area contributed by atoms with Gasteiger partial charge >= 0.3 is 0 Å². The molecule has 0 radical (unpaired) electrons. The van der Waals surface area contributed by atoms with Gasteiger partial charge in [0.15, 0.2) is 0 Å². The molecule has 0 bridgehead atoms. The molecule has 0 aromatic heterocycles. The monoisotopic (exact) mass is 175 g/mol. The van der Waals surface area contributed by atoms with Gasteiger partial charge in [0.25, 0.3) is 0 Å². The number of aliphatic carboxylic acids is 1. The van der Waals surface area contributed by atoms with Crippen LogP contribution in [0.4, 0.5) is 0 Å². The van der Waals surface area contributed by atoms with Crippen LogP contribution in [0.3, 0.4) is 0 Å². The smallest absolute Gasteiger partial charge is 0.0674 e. The first kappa shape index (κ1) is 9.52. The van der Waals surface area contributed by atoms with Crippen LogP contribution in [-0.4, -0.2) is 5.97 Å². The highest BCUT2D eigenvalue weighted by molar-refractivity contribution is 5.90. The molecule has 0 aliphatic heterocycles.